The molecular formula is C43H83NO5. The number of carbonyl (C=O) groups is 1. The van der Waals surface area contributed by atoms with E-state index in [1.54, 1.807) is 0 Å². The lowest BCUT2D eigenvalue weighted by Gasteiger charge is -2.27. The lowest BCUT2D eigenvalue weighted by Crippen LogP contribution is -2.53. The number of rotatable bonds is 38. The smallest absolute Gasteiger partial charge is 0.249 e. The number of amides is 1. The van der Waals surface area contributed by atoms with Crippen LogP contribution in [0, 0.1) is 0 Å². The van der Waals surface area contributed by atoms with Crippen molar-refractivity contribution in [2.75, 3.05) is 6.61 Å². The maximum atomic E-state index is 12.4. The van der Waals surface area contributed by atoms with Crippen LogP contribution in [0.5, 0.6) is 0 Å². The molecule has 4 atom stereocenters. The Morgan fingerprint density at radius 1 is 0.531 bits per heavy atom. The van der Waals surface area contributed by atoms with Crippen LogP contribution >= 0.6 is 0 Å². The van der Waals surface area contributed by atoms with E-state index in [0.717, 1.165) is 38.5 Å². The molecule has 0 heterocycles. The Bertz CT molecular complexity index is 742. The van der Waals surface area contributed by atoms with Gasteiger partial charge in [-0.25, -0.2) is 0 Å². The highest BCUT2D eigenvalue weighted by Crippen LogP contribution is 2.17. The molecule has 0 spiro atoms. The maximum Gasteiger partial charge on any atom is 0.249 e. The highest BCUT2D eigenvalue weighted by molar-refractivity contribution is 5.80. The topological polar surface area (TPSA) is 110 Å². The van der Waals surface area contributed by atoms with E-state index < -0.39 is 36.9 Å². The Morgan fingerprint density at radius 3 is 1.33 bits per heavy atom. The van der Waals surface area contributed by atoms with Crippen LogP contribution < -0.4 is 5.32 Å². The maximum absolute atomic E-state index is 12.4. The minimum atomic E-state index is -1.28. The average Bonchev–Trinajstić information content (AvgIpc) is 3.11. The summed E-state index contributed by atoms with van der Waals surface area (Å²) in [4.78, 5) is 12.4. The second kappa shape index (κ2) is 38.0. The molecule has 0 fully saturated rings. The van der Waals surface area contributed by atoms with Crippen LogP contribution in [0.25, 0.3) is 0 Å². The third-order valence-electron chi connectivity index (χ3n) is 9.99. The van der Waals surface area contributed by atoms with Crippen LogP contribution in [-0.2, 0) is 4.79 Å². The van der Waals surface area contributed by atoms with Gasteiger partial charge >= 0.3 is 0 Å². The number of allylic oxidation sites excluding steroid dienone is 4. The SMILES string of the molecule is C/C=C/CC/C=C/CCCC(O)C(O)C(CO)NC(=O)C(O)CCCCCCCCCCCCCCCCCCCCCCCCCCC. The summed E-state index contributed by atoms with van der Waals surface area (Å²) < 4.78 is 0. The third-order valence-corrected chi connectivity index (χ3v) is 9.99. The summed E-state index contributed by atoms with van der Waals surface area (Å²) in [5.74, 6) is -0.598. The van der Waals surface area contributed by atoms with Crippen LogP contribution in [0.15, 0.2) is 24.3 Å². The van der Waals surface area contributed by atoms with E-state index in [2.05, 4.69) is 30.5 Å². The zero-order valence-corrected chi connectivity index (χ0v) is 32.4. The number of aliphatic hydroxyl groups excluding tert-OH is 4. The van der Waals surface area contributed by atoms with Gasteiger partial charge in [-0.05, 0) is 45.4 Å². The van der Waals surface area contributed by atoms with Crippen molar-refractivity contribution >= 4 is 5.91 Å². The van der Waals surface area contributed by atoms with E-state index in [1.807, 2.05) is 13.0 Å². The van der Waals surface area contributed by atoms with E-state index in [1.165, 1.54) is 141 Å². The second-order valence-corrected chi connectivity index (χ2v) is 14.7. The van der Waals surface area contributed by atoms with Gasteiger partial charge in [-0.2, -0.15) is 0 Å². The molecule has 0 bridgehead atoms. The first kappa shape index (κ1) is 47.8. The average molecular weight is 694 g/mol. The summed E-state index contributed by atoms with van der Waals surface area (Å²) in [7, 11) is 0. The van der Waals surface area contributed by atoms with Gasteiger partial charge in [0, 0.05) is 0 Å². The fourth-order valence-electron chi connectivity index (χ4n) is 6.60. The van der Waals surface area contributed by atoms with Gasteiger partial charge in [0.05, 0.1) is 18.8 Å². The highest BCUT2D eigenvalue weighted by Gasteiger charge is 2.28. The van der Waals surface area contributed by atoms with Crippen molar-refractivity contribution in [3.05, 3.63) is 24.3 Å². The van der Waals surface area contributed by atoms with E-state index in [0.29, 0.717) is 19.3 Å². The Kier molecular flexibility index (Phi) is 37.1. The fraction of sp³-hybridized carbons (Fsp3) is 0.884. The molecule has 6 nitrogen and oxygen atoms in total. The highest BCUT2D eigenvalue weighted by atomic mass is 16.3. The number of hydrogen-bond acceptors (Lipinski definition) is 5. The second-order valence-electron chi connectivity index (χ2n) is 14.7. The van der Waals surface area contributed by atoms with Crippen LogP contribution in [0.3, 0.4) is 0 Å². The molecule has 4 unspecified atom stereocenters. The van der Waals surface area contributed by atoms with E-state index >= 15 is 0 Å². The minimum Gasteiger partial charge on any atom is -0.394 e. The van der Waals surface area contributed by atoms with E-state index in [9.17, 15) is 25.2 Å². The fourth-order valence-corrected chi connectivity index (χ4v) is 6.60. The van der Waals surface area contributed by atoms with Gasteiger partial charge in [0.25, 0.3) is 0 Å². The summed E-state index contributed by atoms with van der Waals surface area (Å²) in [6.07, 6.45) is 42.6. The van der Waals surface area contributed by atoms with Gasteiger partial charge in [-0.3, -0.25) is 4.79 Å². The number of unbranched alkanes of at least 4 members (excludes halogenated alkanes) is 26. The van der Waals surface area contributed by atoms with Gasteiger partial charge in [-0.15, -0.1) is 0 Å². The minimum absolute atomic E-state index is 0.363. The van der Waals surface area contributed by atoms with Crippen molar-refractivity contribution in [1.82, 2.24) is 5.32 Å². The predicted octanol–water partition coefficient (Wildman–Crippen LogP) is 10.8. The van der Waals surface area contributed by atoms with Crippen LogP contribution in [0.1, 0.15) is 213 Å². The number of carbonyl (C=O) groups excluding carboxylic acids is 1. The largest absolute Gasteiger partial charge is 0.394 e. The van der Waals surface area contributed by atoms with Crippen molar-refractivity contribution in [2.24, 2.45) is 0 Å². The molecule has 0 aromatic rings. The van der Waals surface area contributed by atoms with E-state index in [4.69, 9.17) is 0 Å². The first-order chi connectivity index (χ1) is 24.0. The molecule has 5 N–H and O–H groups in total. The summed E-state index contributed by atoms with van der Waals surface area (Å²) in [6.45, 7) is 3.79. The standard InChI is InChI=1S/C43H83NO5/c1-3-5-7-9-11-13-14-15-16-17-18-19-20-21-22-23-24-25-26-27-28-29-31-33-35-37-41(47)43(49)44-39(38-45)42(48)40(46)36-34-32-30-12-10-8-6-4-2/h4,6,12,30,39-42,45-48H,3,5,7-11,13-29,31-38H2,1-2H3,(H,44,49)/b6-4+,30-12+. The monoisotopic (exact) mass is 694 g/mol. The molecule has 0 rings (SSSR count). The molecule has 0 aromatic heterocycles. The summed E-state index contributed by atoms with van der Waals surface area (Å²) >= 11 is 0. The molecule has 6 heteroatoms. The van der Waals surface area contributed by atoms with Crippen molar-refractivity contribution in [3.63, 3.8) is 0 Å². The quantitative estimate of drug-likeness (QED) is 0.0327. The number of aliphatic hydroxyl groups is 4. The lowest BCUT2D eigenvalue weighted by atomic mass is 10.00. The first-order valence-corrected chi connectivity index (χ1v) is 21.2. The molecule has 0 aromatic carbocycles. The molecular weight excluding hydrogens is 610 g/mol. The number of hydrogen-bond donors (Lipinski definition) is 5. The molecule has 49 heavy (non-hydrogen) atoms. The molecule has 0 radical (unpaired) electrons. The van der Waals surface area contributed by atoms with Gasteiger partial charge in [0.1, 0.15) is 12.2 Å². The van der Waals surface area contributed by atoms with Gasteiger partial charge in [-0.1, -0.05) is 192 Å². The van der Waals surface area contributed by atoms with Crippen LogP contribution in [-0.4, -0.2) is 57.3 Å². The molecule has 0 saturated heterocycles. The summed E-state index contributed by atoms with van der Waals surface area (Å²) in [6, 6.07) is -1.00. The van der Waals surface area contributed by atoms with Crippen molar-refractivity contribution in [2.45, 2.75) is 237 Å². The third kappa shape index (κ3) is 32.4. The predicted molar refractivity (Wildman–Crippen MR) is 210 cm³/mol. The van der Waals surface area contributed by atoms with Gasteiger partial charge in [0.15, 0.2) is 0 Å². The van der Waals surface area contributed by atoms with Gasteiger partial charge in [0.2, 0.25) is 5.91 Å². The zero-order valence-electron chi connectivity index (χ0n) is 32.4. The van der Waals surface area contributed by atoms with Crippen molar-refractivity contribution in [1.29, 1.82) is 0 Å². The van der Waals surface area contributed by atoms with Crippen molar-refractivity contribution in [3.8, 4) is 0 Å². The lowest BCUT2D eigenvalue weighted by molar-refractivity contribution is -0.132. The summed E-state index contributed by atoms with van der Waals surface area (Å²) in [5, 5.41) is 43.3. The Hall–Kier alpha value is -1.21. The molecule has 0 saturated carbocycles. The Balaban J connectivity index is 3.60. The normalized spacial score (nSPS) is 14.5. The first-order valence-electron chi connectivity index (χ1n) is 21.2. The van der Waals surface area contributed by atoms with Crippen molar-refractivity contribution < 1.29 is 25.2 Å². The summed E-state index contributed by atoms with van der Waals surface area (Å²) in [5.41, 5.74) is 0. The zero-order chi connectivity index (χ0) is 36.0. The van der Waals surface area contributed by atoms with Gasteiger partial charge < -0.3 is 25.7 Å². The van der Waals surface area contributed by atoms with Crippen LogP contribution in [0.2, 0.25) is 0 Å². The molecule has 0 aliphatic carbocycles. The molecule has 1 amide bonds. The van der Waals surface area contributed by atoms with Crippen LogP contribution in [0.4, 0.5) is 0 Å². The molecule has 290 valence electrons. The molecule has 0 aliphatic heterocycles. The number of nitrogens with one attached hydrogen (secondary N) is 1. The Morgan fingerprint density at radius 2 is 0.918 bits per heavy atom. The van der Waals surface area contributed by atoms with E-state index in [-0.39, 0.29) is 0 Å². The Labute approximate surface area is 304 Å². The molecule has 0 aliphatic rings.